The number of aliphatic hydroxyl groups is 1. The topological polar surface area (TPSA) is 74.6 Å². The summed E-state index contributed by atoms with van der Waals surface area (Å²) < 4.78 is 30.6. The van der Waals surface area contributed by atoms with Gasteiger partial charge in [-0.05, 0) is 13.3 Å². The predicted octanol–water partition coefficient (Wildman–Crippen LogP) is 4.71. The zero-order valence-corrected chi connectivity index (χ0v) is 15.3. The van der Waals surface area contributed by atoms with Crippen LogP contribution in [-0.2, 0) is 10.1 Å². The summed E-state index contributed by atoms with van der Waals surface area (Å²) in [6, 6.07) is 0. The van der Waals surface area contributed by atoms with Crippen LogP contribution in [0.3, 0.4) is 0 Å². The maximum absolute atomic E-state index is 10.9. The Labute approximate surface area is 137 Å². The summed E-state index contributed by atoms with van der Waals surface area (Å²) in [7, 11) is -4.12. The van der Waals surface area contributed by atoms with E-state index in [0.717, 1.165) is 19.3 Å². The largest absolute Gasteiger partial charge is 0.392 e. The van der Waals surface area contributed by atoms with Crippen LogP contribution in [0, 0.1) is 0 Å². The first-order valence-electron chi connectivity index (χ1n) is 9.04. The monoisotopic (exact) mass is 336 g/mol. The Morgan fingerprint density at radius 3 is 1.50 bits per heavy atom. The molecular formula is C17H36O4S. The van der Waals surface area contributed by atoms with Gasteiger partial charge in [-0.25, -0.2) is 0 Å². The van der Waals surface area contributed by atoms with E-state index in [1.165, 1.54) is 64.7 Å². The van der Waals surface area contributed by atoms with Crippen molar-refractivity contribution < 1.29 is 18.1 Å². The fraction of sp³-hybridized carbons (Fsp3) is 1.00. The van der Waals surface area contributed by atoms with Crippen LogP contribution in [-0.4, -0.2) is 29.4 Å². The Morgan fingerprint density at radius 1 is 0.773 bits per heavy atom. The molecule has 2 unspecified atom stereocenters. The molecule has 0 bridgehead atoms. The second-order valence-electron chi connectivity index (χ2n) is 6.47. The summed E-state index contributed by atoms with van der Waals surface area (Å²) in [6.07, 6.45) is 14.4. The third-order valence-electron chi connectivity index (χ3n) is 4.37. The van der Waals surface area contributed by atoms with E-state index in [1.807, 2.05) is 0 Å². The first-order valence-corrected chi connectivity index (χ1v) is 10.5. The van der Waals surface area contributed by atoms with Gasteiger partial charge in [0.25, 0.3) is 10.1 Å². The van der Waals surface area contributed by atoms with Crippen molar-refractivity contribution in [3.63, 3.8) is 0 Å². The van der Waals surface area contributed by atoms with Crippen molar-refractivity contribution in [1.29, 1.82) is 0 Å². The molecule has 0 fully saturated rings. The average molecular weight is 337 g/mol. The smallest absolute Gasteiger partial charge is 0.270 e. The van der Waals surface area contributed by atoms with Crippen molar-refractivity contribution in [3.8, 4) is 0 Å². The molecule has 0 aromatic rings. The molecule has 22 heavy (non-hydrogen) atoms. The van der Waals surface area contributed by atoms with Crippen LogP contribution in [0.5, 0.6) is 0 Å². The van der Waals surface area contributed by atoms with E-state index >= 15 is 0 Å². The Hall–Kier alpha value is -0.130. The molecule has 0 aromatic carbocycles. The van der Waals surface area contributed by atoms with Gasteiger partial charge in [0.15, 0.2) is 0 Å². The average Bonchev–Trinajstić information content (AvgIpc) is 2.46. The van der Waals surface area contributed by atoms with Crippen LogP contribution in [0.15, 0.2) is 0 Å². The minimum Gasteiger partial charge on any atom is -0.392 e. The molecule has 0 aliphatic heterocycles. The second kappa shape index (κ2) is 13.3. The van der Waals surface area contributed by atoms with Crippen molar-refractivity contribution in [2.45, 2.75) is 109 Å². The molecule has 0 aliphatic rings. The van der Waals surface area contributed by atoms with Crippen molar-refractivity contribution >= 4 is 10.1 Å². The van der Waals surface area contributed by atoms with E-state index in [1.54, 1.807) is 0 Å². The highest BCUT2D eigenvalue weighted by Crippen LogP contribution is 2.15. The summed E-state index contributed by atoms with van der Waals surface area (Å²) >= 11 is 0. The Bertz CT molecular complexity index is 341. The molecule has 0 saturated carbocycles. The van der Waals surface area contributed by atoms with Gasteiger partial charge in [-0.2, -0.15) is 8.42 Å². The molecule has 0 rings (SSSR count). The third kappa shape index (κ3) is 12.4. The predicted molar refractivity (Wildman–Crippen MR) is 92.7 cm³/mol. The summed E-state index contributed by atoms with van der Waals surface area (Å²) in [5, 5.41) is 8.59. The van der Waals surface area contributed by atoms with Crippen molar-refractivity contribution in [2.24, 2.45) is 0 Å². The van der Waals surface area contributed by atoms with E-state index in [9.17, 15) is 13.5 Å². The molecule has 0 spiro atoms. The normalized spacial score (nSPS) is 14.9. The molecule has 5 heteroatoms. The number of rotatable bonds is 15. The van der Waals surface area contributed by atoms with Crippen molar-refractivity contribution in [2.75, 3.05) is 0 Å². The Kier molecular flexibility index (Phi) is 13.2. The number of hydrogen-bond acceptors (Lipinski definition) is 3. The molecule has 2 N–H and O–H groups in total. The maximum atomic E-state index is 10.9. The van der Waals surface area contributed by atoms with Gasteiger partial charge in [0, 0.05) is 0 Å². The zero-order chi connectivity index (χ0) is 16.8. The van der Waals surface area contributed by atoms with Crippen molar-refractivity contribution in [3.05, 3.63) is 0 Å². The molecule has 0 aliphatic carbocycles. The quantitative estimate of drug-likeness (QED) is 0.335. The Balaban J connectivity index is 3.33. The lowest BCUT2D eigenvalue weighted by Crippen LogP contribution is -2.30. The molecule has 0 amide bonds. The Morgan fingerprint density at radius 2 is 1.14 bits per heavy atom. The van der Waals surface area contributed by atoms with Crippen LogP contribution in [0.25, 0.3) is 0 Å². The number of hydrogen-bond donors (Lipinski definition) is 2. The summed E-state index contributed by atoms with van der Waals surface area (Å²) in [4.78, 5) is 0. The van der Waals surface area contributed by atoms with Crippen LogP contribution in [0.4, 0.5) is 0 Å². The third-order valence-corrected chi connectivity index (χ3v) is 5.62. The second-order valence-corrected chi connectivity index (χ2v) is 8.24. The van der Waals surface area contributed by atoms with Gasteiger partial charge >= 0.3 is 0 Å². The molecule has 0 aromatic heterocycles. The van der Waals surface area contributed by atoms with E-state index in [-0.39, 0.29) is 0 Å². The van der Waals surface area contributed by atoms with Crippen molar-refractivity contribution in [1.82, 2.24) is 0 Å². The SMILES string of the molecule is CCCCCCCCCCCCCCC(O)C(C)S(=O)(=O)O. The summed E-state index contributed by atoms with van der Waals surface area (Å²) in [5.41, 5.74) is 0. The molecule has 0 saturated heterocycles. The van der Waals surface area contributed by atoms with E-state index in [4.69, 9.17) is 4.55 Å². The minimum absolute atomic E-state index is 0.443. The highest BCUT2D eigenvalue weighted by Gasteiger charge is 2.25. The number of unbranched alkanes of at least 4 members (excludes halogenated alkanes) is 11. The van der Waals surface area contributed by atoms with Crippen LogP contribution in [0.1, 0.15) is 97.3 Å². The van der Waals surface area contributed by atoms with Crippen LogP contribution >= 0.6 is 0 Å². The molecule has 0 heterocycles. The fourth-order valence-corrected chi connectivity index (χ4v) is 3.16. The first kappa shape index (κ1) is 21.9. The highest BCUT2D eigenvalue weighted by molar-refractivity contribution is 7.86. The molecule has 0 radical (unpaired) electrons. The van der Waals surface area contributed by atoms with Gasteiger partial charge in [0.05, 0.1) is 6.10 Å². The zero-order valence-electron chi connectivity index (χ0n) is 14.5. The minimum atomic E-state index is -4.12. The summed E-state index contributed by atoms with van der Waals surface area (Å²) in [6.45, 7) is 3.59. The molecule has 134 valence electrons. The summed E-state index contributed by atoms with van der Waals surface area (Å²) in [5.74, 6) is 0. The van der Waals surface area contributed by atoms with E-state index < -0.39 is 21.5 Å². The van der Waals surface area contributed by atoms with Gasteiger partial charge in [-0.3, -0.25) is 4.55 Å². The number of aliphatic hydroxyl groups excluding tert-OH is 1. The molecule has 4 nitrogen and oxygen atoms in total. The first-order chi connectivity index (χ1) is 10.4. The van der Waals surface area contributed by atoms with Gasteiger partial charge in [0.2, 0.25) is 0 Å². The fourth-order valence-electron chi connectivity index (χ4n) is 2.63. The molecular weight excluding hydrogens is 300 g/mol. The van der Waals surface area contributed by atoms with Gasteiger partial charge in [-0.1, -0.05) is 84.0 Å². The molecule has 2 atom stereocenters. The van der Waals surface area contributed by atoms with Gasteiger partial charge < -0.3 is 5.11 Å². The lowest BCUT2D eigenvalue weighted by atomic mass is 10.0. The van der Waals surface area contributed by atoms with Crippen LogP contribution in [0.2, 0.25) is 0 Å². The van der Waals surface area contributed by atoms with E-state index in [0.29, 0.717) is 6.42 Å². The van der Waals surface area contributed by atoms with Gasteiger partial charge in [-0.15, -0.1) is 0 Å². The standard InChI is InChI=1S/C17H36O4S/c1-3-4-5-6-7-8-9-10-11-12-13-14-15-17(18)16(2)22(19,20)21/h16-18H,3-15H2,1-2H3,(H,19,20,21). The van der Waals surface area contributed by atoms with E-state index in [2.05, 4.69) is 6.92 Å². The highest BCUT2D eigenvalue weighted by atomic mass is 32.2. The lowest BCUT2D eigenvalue weighted by Gasteiger charge is -2.15. The maximum Gasteiger partial charge on any atom is 0.270 e. The van der Waals surface area contributed by atoms with Crippen LogP contribution < -0.4 is 0 Å². The lowest BCUT2D eigenvalue weighted by molar-refractivity contribution is 0.155. The van der Waals surface area contributed by atoms with Gasteiger partial charge in [0.1, 0.15) is 5.25 Å².